The minimum absolute atomic E-state index is 0.985. The van der Waals surface area contributed by atoms with Crippen LogP contribution in [0.5, 0.6) is 0 Å². The van der Waals surface area contributed by atoms with E-state index in [1.807, 2.05) is 0 Å². The van der Waals surface area contributed by atoms with E-state index >= 15 is 0 Å². The van der Waals surface area contributed by atoms with Crippen LogP contribution in [0.1, 0.15) is 89.0 Å². The second kappa shape index (κ2) is 10.7. The van der Waals surface area contributed by atoms with Crippen molar-refractivity contribution in [2.75, 3.05) is 0 Å². The molecular weight excluding hydrogens is 444 g/mol. The summed E-state index contributed by atoms with van der Waals surface area (Å²) in [5, 5.41) is 0. The van der Waals surface area contributed by atoms with Crippen molar-refractivity contribution in [1.82, 2.24) is 0 Å². The molecule has 0 spiro atoms. The first-order valence-electron chi connectivity index (χ1n) is 13.7. The quantitative estimate of drug-likeness (QED) is 0.253. The van der Waals surface area contributed by atoms with Crippen LogP contribution in [0, 0.1) is 69.2 Å². The highest BCUT2D eigenvalue weighted by Gasteiger charge is 2.13. The molecule has 0 radical (unpaired) electrons. The minimum Gasteiger partial charge on any atom is -0.0555 e. The molecule has 4 aromatic carbocycles. The maximum Gasteiger partial charge on any atom is -0.00201 e. The van der Waals surface area contributed by atoms with Crippen molar-refractivity contribution in [3.63, 3.8) is 0 Å². The molecule has 192 valence electrons. The van der Waals surface area contributed by atoms with Crippen molar-refractivity contribution in [3.05, 3.63) is 138 Å². The molecule has 0 nitrogen and oxygen atoms in total. The zero-order chi connectivity index (χ0) is 27.0. The molecule has 0 atom stereocenters. The Morgan fingerprint density at radius 2 is 0.595 bits per heavy atom. The third-order valence-electron chi connectivity index (χ3n) is 8.68. The largest absolute Gasteiger partial charge is 0.0555 e. The second-order valence-electron chi connectivity index (χ2n) is 11.7. The molecule has 0 fully saturated rings. The standard InChI is InChI=1S/C37H44/c1-22-11-34(19-32-15-24(3)28(7)25(4)16-32)30(9)36(13-22)21-37-14-23(2)12-35(31(37)10)20-33-17-26(5)29(8)27(6)18-33/h11-18H,19-21H2,1-10H3. The smallest absolute Gasteiger partial charge is 0.00201 e. The Labute approximate surface area is 225 Å². The molecule has 0 heteroatoms. The molecule has 0 bridgehead atoms. The molecular formula is C37H44. The van der Waals surface area contributed by atoms with Crippen molar-refractivity contribution in [2.45, 2.75) is 88.5 Å². The molecule has 0 aliphatic carbocycles. The molecule has 4 rings (SSSR count). The Bertz CT molecular complexity index is 1320. The molecule has 0 aliphatic heterocycles. The molecule has 37 heavy (non-hydrogen) atoms. The molecule has 4 aromatic rings. The van der Waals surface area contributed by atoms with Gasteiger partial charge < -0.3 is 0 Å². The Morgan fingerprint density at radius 1 is 0.324 bits per heavy atom. The van der Waals surface area contributed by atoms with Gasteiger partial charge in [-0.25, -0.2) is 0 Å². The molecule has 0 N–H and O–H groups in total. The van der Waals surface area contributed by atoms with E-state index in [1.165, 1.54) is 89.0 Å². The van der Waals surface area contributed by atoms with Crippen LogP contribution in [0.3, 0.4) is 0 Å². The zero-order valence-electron chi connectivity index (χ0n) is 24.7. The number of aryl methyl sites for hydroxylation is 6. The number of rotatable bonds is 6. The summed E-state index contributed by atoms with van der Waals surface area (Å²) in [6.07, 6.45) is 2.97. The van der Waals surface area contributed by atoms with Gasteiger partial charge >= 0.3 is 0 Å². The highest BCUT2D eigenvalue weighted by atomic mass is 14.2. The third-order valence-corrected chi connectivity index (χ3v) is 8.68. The van der Waals surface area contributed by atoms with E-state index in [2.05, 4.69) is 118 Å². The van der Waals surface area contributed by atoms with Crippen LogP contribution in [0.25, 0.3) is 0 Å². The molecule has 0 saturated heterocycles. The third kappa shape index (κ3) is 5.90. The first-order chi connectivity index (χ1) is 17.4. The van der Waals surface area contributed by atoms with Crippen molar-refractivity contribution in [3.8, 4) is 0 Å². The summed E-state index contributed by atoms with van der Waals surface area (Å²) in [6.45, 7) is 22.5. The van der Waals surface area contributed by atoms with E-state index < -0.39 is 0 Å². The Balaban J connectivity index is 1.67. The monoisotopic (exact) mass is 488 g/mol. The lowest BCUT2D eigenvalue weighted by Crippen LogP contribution is -2.04. The predicted octanol–water partition coefficient (Wildman–Crippen LogP) is 9.54. The van der Waals surface area contributed by atoms with Crippen LogP contribution in [0.2, 0.25) is 0 Å². The normalized spacial score (nSPS) is 11.3. The molecule has 0 amide bonds. The molecule has 0 heterocycles. The van der Waals surface area contributed by atoms with E-state index in [4.69, 9.17) is 0 Å². The molecule has 0 aliphatic rings. The average molecular weight is 489 g/mol. The summed E-state index contributed by atoms with van der Waals surface area (Å²) in [4.78, 5) is 0. The predicted molar refractivity (Wildman–Crippen MR) is 162 cm³/mol. The highest BCUT2D eigenvalue weighted by molar-refractivity contribution is 5.49. The van der Waals surface area contributed by atoms with Crippen LogP contribution >= 0.6 is 0 Å². The van der Waals surface area contributed by atoms with E-state index in [-0.39, 0.29) is 0 Å². The lowest BCUT2D eigenvalue weighted by Gasteiger charge is -2.18. The van der Waals surface area contributed by atoms with Crippen LogP contribution < -0.4 is 0 Å². The summed E-state index contributed by atoms with van der Waals surface area (Å²) < 4.78 is 0. The van der Waals surface area contributed by atoms with Crippen molar-refractivity contribution in [1.29, 1.82) is 0 Å². The highest BCUT2D eigenvalue weighted by Crippen LogP contribution is 2.28. The first-order valence-corrected chi connectivity index (χ1v) is 13.7. The van der Waals surface area contributed by atoms with Gasteiger partial charge in [-0.05, 0) is 166 Å². The molecule has 0 aromatic heterocycles. The fraction of sp³-hybridized carbons (Fsp3) is 0.351. The number of hydrogen-bond donors (Lipinski definition) is 0. The van der Waals surface area contributed by atoms with Gasteiger partial charge in [-0.3, -0.25) is 0 Å². The zero-order valence-corrected chi connectivity index (χ0v) is 24.7. The van der Waals surface area contributed by atoms with Gasteiger partial charge in [0.1, 0.15) is 0 Å². The Morgan fingerprint density at radius 3 is 0.892 bits per heavy atom. The lowest BCUT2D eigenvalue weighted by molar-refractivity contribution is 1.04. The summed E-state index contributed by atoms with van der Waals surface area (Å²) in [6, 6.07) is 19.1. The first kappa shape index (κ1) is 26.9. The summed E-state index contributed by atoms with van der Waals surface area (Å²) in [5.74, 6) is 0. The SMILES string of the molecule is Cc1cc(Cc2cc(C)c(C)c(C)c2)c(C)c(Cc2cc(C)cc(Cc3cc(C)c(C)c(C)c3)c2C)c1. The van der Waals surface area contributed by atoms with Crippen LogP contribution in [0.15, 0.2) is 48.5 Å². The number of hydrogen-bond acceptors (Lipinski definition) is 0. The average Bonchev–Trinajstić information content (AvgIpc) is 2.81. The van der Waals surface area contributed by atoms with Gasteiger partial charge in [0, 0.05) is 0 Å². The summed E-state index contributed by atoms with van der Waals surface area (Å²) in [5.41, 5.74) is 22.6. The van der Waals surface area contributed by atoms with E-state index in [9.17, 15) is 0 Å². The Hall–Kier alpha value is -3.12. The van der Waals surface area contributed by atoms with Gasteiger partial charge in [0.05, 0.1) is 0 Å². The Kier molecular flexibility index (Phi) is 7.79. The van der Waals surface area contributed by atoms with E-state index in [1.54, 1.807) is 0 Å². The van der Waals surface area contributed by atoms with Gasteiger partial charge in [0.25, 0.3) is 0 Å². The molecule has 0 saturated carbocycles. The van der Waals surface area contributed by atoms with E-state index in [0.29, 0.717) is 0 Å². The summed E-state index contributed by atoms with van der Waals surface area (Å²) >= 11 is 0. The van der Waals surface area contributed by atoms with Crippen LogP contribution in [-0.2, 0) is 19.3 Å². The molecule has 0 unspecified atom stereocenters. The summed E-state index contributed by atoms with van der Waals surface area (Å²) in [7, 11) is 0. The van der Waals surface area contributed by atoms with Gasteiger partial charge in [-0.2, -0.15) is 0 Å². The minimum atomic E-state index is 0.985. The van der Waals surface area contributed by atoms with Gasteiger partial charge in [-0.15, -0.1) is 0 Å². The van der Waals surface area contributed by atoms with Crippen LogP contribution in [-0.4, -0.2) is 0 Å². The maximum absolute atomic E-state index is 2.40. The van der Waals surface area contributed by atoms with Gasteiger partial charge in [-0.1, -0.05) is 59.7 Å². The van der Waals surface area contributed by atoms with Crippen molar-refractivity contribution in [2.24, 2.45) is 0 Å². The maximum atomic E-state index is 2.40. The van der Waals surface area contributed by atoms with Crippen molar-refractivity contribution >= 4 is 0 Å². The fourth-order valence-corrected chi connectivity index (χ4v) is 5.86. The second-order valence-corrected chi connectivity index (χ2v) is 11.7. The van der Waals surface area contributed by atoms with Crippen LogP contribution in [0.4, 0.5) is 0 Å². The van der Waals surface area contributed by atoms with Gasteiger partial charge in [0.2, 0.25) is 0 Å². The number of benzene rings is 4. The van der Waals surface area contributed by atoms with E-state index in [0.717, 1.165) is 19.3 Å². The van der Waals surface area contributed by atoms with Crippen molar-refractivity contribution < 1.29 is 0 Å². The van der Waals surface area contributed by atoms with Gasteiger partial charge in [0.15, 0.2) is 0 Å². The fourth-order valence-electron chi connectivity index (χ4n) is 5.86. The topological polar surface area (TPSA) is 0 Å². The lowest BCUT2D eigenvalue weighted by atomic mass is 9.87.